The van der Waals surface area contributed by atoms with Crippen LogP contribution in [0.1, 0.15) is 26.2 Å². The molecular formula is C11H17NO. The summed E-state index contributed by atoms with van der Waals surface area (Å²) in [5.74, 6) is 1.02. The summed E-state index contributed by atoms with van der Waals surface area (Å²) in [6.45, 7) is 2.81. The molecule has 0 radical (unpaired) electrons. The molecule has 1 fully saturated rings. The summed E-state index contributed by atoms with van der Waals surface area (Å²) in [6, 6.07) is 0.533. The summed E-state index contributed by atoms with van der Waals surface area (Å²) in [5, 5.41) is 0. The number of hydrogen-bond acceptors (Lipinski definition) is 2. The van der Waals surface area contributed by atoms with Crippen LogP contribution >= 0.6 is 0 Å². The number of hydrogen-bond donors (Lipinski definition) is 0. The van der Waals surface area contributed by atoms with Gasteiger partial charge in [0.05, 0.1) is 6.54 Å². The Morgan fingerprint density at radius 3 is 2.77 bits per heavy atom. The predicted octanol–water partition coefficient (Wildman–Crippen LogP) is 1.62. The van der Waals surface area contributed by atoms with E-state index in [0.29, 0.717) is 12.6 Å². The van der Waals surface area contributed by atoms with Crippen molar-refractivity contribution in [2.24, 2.45) is 5.92 Å². The fourth-order valence-electron chi connectivity index (χ4n) is 2.29. The van der Waals surface area contributed by atoms with E-state index in [0.717, 1.165) is 12.3 Å². The van der Waals surface area contributed by atoms with Gasteiger partial charge in [-0.1, -0.05) is 6.92 Å². The van der Waals surface area contributed by atoms with Crippen molar-refractivity contribution in [1.82, 2.24) is 4.90 Å². The molecule has 1 aliphatic carbocycles. The minimum Gasteiger partial charge on any atom is -0.293 e. The molecule has 0 amide bonds. The Balaban J connectivity index is 2.21. The second kappa shape index (κ2) is 3.26. The molecule has 1 saturated carbocycles. The lowest BCUT2D eigenvalue weighted by molar-refractivity contribution is -0.116. The average Bonchev–Trinajstić information content (AvgIpc) is 2.85. The molecule has 0 aromatic heterocycles. The van der Waals surface area contributed by atoms with Crippen molar-refractivity contribution in [2.75, 3.05) is 13.6 Å². The summed E-state index contributed by atoms with van der Waals surface area (Å²) in [7, 11) is 2.06. The Kier molecular flexibility index (Phi) is 2.24. The van der Waals surface area contributed by atoms with E-state index in [2.05, 4.69) is 18.9 Å². The molecule has 2 nitrogen and oxygen atoms in total. The van der Waals surface area contributed by atoms with Crippen LogP contribution in [0.25, 0.3) is 0 Å². The average molecular weight is 179 g/mol. The molecule has 0 aromatic rings. The first kappa shape index (κ1) is 8.95. The van der Waals surface area contributed by atoms with Crippen LogP contribution in [0.5, 0.6) is 0 Å². The van der Waals surface area contributed by atoms with Gasteiger partial charge in [-0.05, 0) is 43.9 Å². The Bertz CT molecular complexity index is 253. The van der Waals surface area contributed by atoms with Crippen LogP contribution in [0, 0.1) is 5.92 Å². The van der Waals surface area contributed by atoms with Gasteiger partial charge in [0, 0.05) is 6.04 Å². The highest BCUT2D eigenvalue weighted by Crippen LogP contribution is 2.40. The molecule has 0 spiro atoms. The largest absolute Gasteiger partial charge is 0.293 e. The SMILES string of the molecule is CC[C@@H]1C(C2CC2)=CC(=O)CN1C. The van der Waals surface area contributed by atoms with Crippen LogP contribution in [0.3, 0.4) is 0 Å². The van der Waals surface area contributed by atoms with E-state index in [4.69, 9.17) is 0 Å². The van der Waals surface area contributed by atoms with Crippen molar-refractivity contribution in [1.29, 1.82) is 0 Å². The van der Waals surface area contributed by atoms with Crippen LogP contribution in [0.15, 0.2) is 11.6 Å². The van der Waals surface area contributed by atoms with E-state index in [1.54, 1.807) is 0 Å². The lowest BCUT2D eigenvalue weighted by atomic mass is 9.94. The van der Waals surface area contributed by atoms with Crippen LogP contribution in [0.2, 0.25) is 0 Å². The summed E-state index contributed by atoms with van der Waals surface area (Å²) in [4.78, 5) is 13.6. The fraction of sp³-hybridized carbons (Fsp3) is 0.727. The van der Waals surface area contributed by atoms with Gasteiger partial charge in [0.15, 0.2) is 5.78 Å². The molecule has 1 aliphatic heterocycles. The molecule has 2 aliphatic rings. The van der Waals surface area contributed by atoms with Gasteiger partial charge in [-0.2, -0.15) is 0 Å². The number of nitrogens with zero attached hydrogens (tertiary/aromatic N) is 1. The molecule has 2 heteroatoms. The molecule has 0 N–H and O–H groups in total. The standard InChI is InChI=1S/C11H17NO/c1-3-11-10(8-4-5-8)6-9(13)7-12(11)2/h6,8,11H,3-5,7H2,1-2H3/t11-/m1/s1. The maximum absolute atomic E-state index is 11.4. The molecule has 1 atom stereocenters. The van der Waals surface area contributed by atoms with Gasteiger partial charge in [0.2, 0.25) is 0 Å². The smallest absolute Gasteiger partial charge is 0.169 e. The third-order valence-corrected chi connectivity index (χ3v) is 3.09. The number of carbonyl (C=O) groups excluding carboxylic acids is 1. The quantitative estimate of drug-likeness (QED) is 0.642. The molecule has 72 valence electrons. The van der Waals surface area contributed by atoms with Crippen molar-refractivity contribution in [3.05, 3.63) is 11.6 Å². The second-order valence-corrected chi connectivity index (χ2v) is 4.22. The summed E-state index contributed by atoms with van der Waals surface area (Å²) in [5.41, 5.74) is 1.40. The summed E-state index contributed by atoms with van der Waals surface area (Å²) >= 11 is 0. The molecular weight excluding hydrogens is 162 g/mol. The van der Waals surface area contributed by atoms with Gasteiger partial charge >= 0.3 is 0 Å². The van der Waals surface area contributed by atoms with Gasteiger partial charge in [-0.3, -0.25) is 9.69 Å². The monoisotopic (exact) mass is 179 g/mol. The van der Waals surface area contributed by atoms with Gasteiger partial charge in [0.1, 0.15) is 0 Å². The van der Waals surface area contributed by atoms with E-state index in [1.807, 2.05) is 6.08 Å². The first-order valence-electron chi connectivity index (χ1n) is 5.17. The van der Waals surface area contributed by atoms with Crippen LogP contribution < -0.4 is 0 Å². The Hall–Kier alpha value is -0.630. The minimum absolute atomic E-state index is 0.286. The summed E-state index contributed by atoms with van der Waals surface area (Å²) < 4.78 is 0. The topological polar surface area (TPSA) is 20.3 Å². The Labute approximate surface area is 79.6 Å². The van der Waals surface area contributed by atoms with Crippen molar-refractivity contribution in [3.8, 4) is 0 Å². The molecule has 13 heavy (non-hydrogen) atoms. The highest BCUT2D eigenvalue weighted by Gasteiger charge is 2.35. The number of carbonyl (C=O) groups is 1. The van der Waals surface area contributed by atoms with Crippen molar-refractivity contribution >= 4 is 5.78 Å². The predicted molar refractivity (Wildman–Crippen MR) is 52.5 cm³/mol. The van der Waals surface area contributed by atoms with Gasteiger partial charge in [-0.25, -0.2) is 0 Å². The lowest BCUT2D eigenvalue weighted by Gasteiger charge is -2.32. The minimum atomic E-state index is 0.286. The van der Waals surface area contributed by atoms with Crippen LogP contribution in [0.4, 0.5) is 0 Å². The summed E-state index contributed by atoms with van der Waals surface area (Å²) in [6.07, 6.45) is 5.63. The lowest BCUT2D eigenvalue weighted by Crippen LogP contribution is -2.40. The van der Waals surface area contributed by atoms with Gasteiger partial charge < -0.3 is 0 Å². The van der Waals surface area contributed by atoms with Crippen LogP contribution in [-0.4, -0.2) is 30.3 Å². The molecule has 0 unspecified atom stereocenters. The number of likely N-dealkylation sites (N-methyl/N-ethyl adjacent to an activating group) is 1. The zero-order chi connectivity index (χ0) is 9.42. The molecule has 0 saturated heterocycles. The van der Waals surface area contributed by atoms with Gasteiger partial charge in [-0.15, -0.1) is 0 Å². The molecule has 0 bridgehead atoms. The Morgan fingerprint density at radius 1 is 1.54 bits per heavy atom. The first-order valence-corrected chi connectivity index (χ1v) is 5.17. The highest BCUT2D eigenvalue weighted by atomic mass is 16.1. The maximum atomic E-state index is 11.4. The second-order valence-electron chi connectivity index (χ2n) is 4.22. The number of ketones is 1. The molecule has 1 heterocycles. The van der Waals surface area contributed by atoms with E-state index in [-0.39, 0.29) is 5.78 Å². The van der Waals surface area contributed by atoms with Gasteiger partial charge in [0.25, 0.3) is 0 Å². The molecule has 2 rings (SSSR count). The third-order valence-electron chi connectivity index (χ3n) is 3.09. The van der Waals surface area contributed by atoms with E-state index in [9.17, 15) is 4.79 Å². The first-order chi connectivity index (χ1) is 6.22. The highest BCUT2D eigenvalue weighted by molar-refractivity contribution is 5.93. The zero-order valence-corrected chi connectivity index (χ0v) is 8.42. The van der Waals surface area contributed by atoms with E-state index in [1.165, 1.54) is 18.4 Å². The third kappa shape index (κ3) is 1.68. The van der Waals surface area contributed by atoms with E-state index < -0.39 is 0 Å². The maximum Gasteiger partial charge on any atom is 0.169 e. The van der Waals surface area contributed by atoms with Crippen molar-refractivity contribution in [3.63, 3.8) is 0 Å². The van der Waals surface area contributed by atoms with E-state index >= 15 is 0 Å². The Morgan fingerprint density at radius 2 is 2.23 bits per heavy atom. The normalized spacial score (nSPS) is 30.5. The zero-order valence-electron chi connectivity index (χ0n) is 8.42. The van der Waals surface area contributed by atoms with Crippen molar-refractivity contribution in [2.45, 2.75) is 32.2 Å². The fourth-order valence-corrected chi connectivity index (χ4v) is 2.29. The van der Waals surface area contributed by atoms with Crippen molar-refractivity contribution < 1.29 is 4.79 Å². The van der Waals surface area contributed by atoms with Crippen LogP contribution in [-0.2, 0) is 4.79 Å². The molecule has 0 aromatic carbocycles. The number of rotatable bonds is 2.